The molecule has 0 radical (unpaired) electrons. The summed E-state index contributed by atoms with van der Waals surface area (Å²) in [4.78, 5) is 23.7. The highest BCUT2D eigenvalue weighted by Crippen LogP contribution is 2.10. The fraction of sp³-hybridized carbons (Fsp3) is 0.176. The smallest absolute Gasteiger partial charge is 0.408 e. The van der Waals surface area contributed by atoms with E-state index in [2.05, 4.69) is 5.32 Å². The maximum Gasteiger partial charge on any atom is 0.408 e. The lowest BCUT2D eigenvalue weighted by Gasteiger charge is -2.13. The topological polar surface area (TPSA) is 55.4 Å². The summed E-state index contributed by atoms with van der Waals surface area (Å²) in [7, 11) is 0. The van der Waals surface area contributed by atoms with Crippen molar-refractivity contribution < 1.29 is 23.1 Å². The van der Waals surface area contributed by atoms with Gasteiger partial charge in [-0.1, -0.05) is 30.3 Å². The molecule has 1 amide bonds. The number of ketones is 1. The monoisotopic (exact) mass is 319 g/mol. The van der Waals surface area contributed by atoms with Crippen LogP contribution in [0.1, 0.15) is 22.8 Å². The molecule has 120 valence electrons. The number of ether oxygens (including phenoxy) is 1. The zero-order valence-electron chi connectivity index (χ0n) is 12.4. The highest BCUT2D eigenvalue weighted by Gasteiger charge is 2.19. The molecule has 4 nitrogen and oxygen atoms in total. The summed E-state index contributed by atoms with van der Waals surface area (Å²) in [5.74, 6) is -2.32. The number of hydrogen-bond acceptors (Lipinski definition) is 3. The molecule has 23 heavy (non-hydrogen) atoms. The normalized spacial score (nSPS) is 11.6. The number of alkyl carbamates (subject to hydrolysis) is 1. The lowest BCUT2D eigenvalue weighted by Crippen LogP contribution is -2.38. The van der Waals surface area contributed by atoms with Gasteiger partial charge in [-0.2, -0.15) is 0 Å². The molecule has 0 aliphatic rings. The SMILES string of the molecule is C[C@@H](NC(=O)OCc1ccccc1)C(=O)c1cc(F)cc(F)c1. The van der Waals surface area contributed by atoms with E-state index in [0.717, 1.165) is 17.7 Å². The van der Waals surface area contributed by atoms with E-state index in [1.165, 1.54) is 6.92 Å². The summed E-state index contributed by atoms with van der Waals surface area (Å²) in [5.41, 5.74) is 0.646. The molecule has 0 saturated heterocycles. The van der Waals surface area contributed by atoms with Crippen molar-refractivity contribution in [2.24, 2.45) is 0 Å². The Labute approximate surface area is 132 Å². The van der Waals surface area contributed by atoms with Crippen LogP contribution in [0.25, 0.3) is 0 Å². The number of rotatable bonds is 5. The van der Waals surface area contributed by atoms with Crippen LogP contribution in [0.15, 0.2) is 48.5 Å². The molecule has 1 N–H and O–H groups in total. The van der Waals surface area contributed by atoms with Gasteiger partial charge in [-0.25, -0.2) is 13.6 Å². The number of carbonyl (C=O) groups is 2. The molecule has 0 saturated carbocycles. The average Bonchev–Trinajstić information content (AvgIpc) is 2.52. The van der Waals surface area contributed by atoms with Crippen molar-refractivity contribution in [1.82, 2.24) is 5.32 Å². The average molecular weight is 319 g/mol. The van der Waals surface area contributed by atoms with Gasteiger partial charge in [0.1, 0.15) is 18.2 Å². The lowest BCUT2D eigenvalue weighted by molar-refractivity contribution is 0.0926. The highest BCUT2D eigenvalue weighted by atomic mass is 19.1. The van der Waals surface area contributed by atoms with Crippen LogP contribution < -0.4 is 5.32 Å². The third-order valence-electron chi connectivity index (χ3n) is 3.09. The summed E-state index contributed by atoms with van der Waals surface area (Å²) < 4.78 is 31.2. The Morgan fingerprint density at radius 1 is 1.09 bits per heavy atom. The molecule has 0 unspecified atom stereocenters. The Morgan fingerprint density at radius 3 is 2.30 bits per heavy atom. The van der Waals surface area contributed by atoms with Gasteiger partial charge in [-0.3, -0.25) is 4.79 Å². The third kappa shape index (κ3) is 4.88. The van der Waals surface area contributed by atoms with E-state index in [0.29, 0.717) is 6.07 Å². The molecular weight excluding hydrogens is 304 g/mol. The Hall–Kier alpha value is -2.76. The number of hydrogen-bond donors (Lipinski definition) is 1. The van der Waals surface area contributed by atoms with E-state index in [4.69, 9.17) is 4.74 Å². The maximum atomic E-state index is 13.1. The Kier molecular flexibility index (Phi) is 5.41. The first kappa shape index (κ1) is 16.6. The zero-order valence-corrected chi connectivity index (χ0v) is 12.4. The number of nitrogens with one attached hydrogen (secondary N) is 1. The van der Waals surface area contributed by atoms with Crippen LogP contribution >= 0.6 is 0 Å². The molecule has 6 heteroatoms. The van der Waals surface area contributed by atoms with Crippen LogP contribution in [0.4, 0.5) is 13.6 Å². The fourth-order valence-electron chi connectivity index (χ4n) is 1.95. The molecule has 2 aromatic rings. The van der Waals surface area contributed by atoms with E-state index in [-0.39, 0.29) is 12.2 Å². The second-order valence-electron chi connectivity index (χ2n) is 4.95. The van der Waals surface area contributed by atoms with Crippen molar-refractivity contribution in [2.75, 3.05) is 0 Å². The van der Waals surface area contributed by atoms with Gasteiger partial charge in [0.25, 0.3) is 0 Å². The molecule has 0 bridgehead atoms. The fourth-order valence-corrected chi connectivity index (χ4v) is 1.95. The second kappa shape index (κ2) is 7.49. The minimum Gasteiger partial charge on any atom is -0.445 e. The van der Waals surface area contributed by atoms with Gasteiger partial charge < -0.3 is 10.1 Å². The van der Waals surface area contributed by atoms with Crippen LogP contribution in [0.3, 0.4) is 0 Å². The molecule has 0 aliphatic carbocycles. The van der Waals surface area contributed by atoms with Crippen molar-refractivity contribution >= 4 is 11.9 Å². The maximum absolute atomic E-state index is 13.1. The van der Waals surface area contributed by atoms with Crippen LogP contribution in [0.2, 0.25) is 0 Å². The van der Waals surface area contributed by atoms with Crippen LogP contribution in [-0.4, -0.2) is 17.9 Å². The summed E-state index contributed by atoms with van der Waals surface area (Å²) in [6.07, 6.45) is -0.786. The van der Waals surface area contributed by atoms with Gasteiger partial charge >= 0.3 is 6.09 Å². The molecular formula is C17H15F2NO3. The van der Waals surface area contributed by atoms with E-state index in [9.17, 15) is 18.4 Å². The van der Waals surface area contributed by atoms with Gasteiger partial charge in [0.15, 0.2) is 5.78 Å². The van der Waals surface area contributed by atoms with Crippen molar-refractivity contribution in [3.63, 3.8) is 0 Å². The minimum absolute atomic E-state index is 0.0577. The first-order chi connectivity index (χ1) is 11.0. The van der Waals surface area contributed by atoms with Gasteiger partial charge in [-0.15, -0.1) is 0 Å². The summed E-state index contributed by atoms with van der Waals surface area (Å²) in [6.45, 7) is 1.47. The van der Waals surface area contributed by atoms with E-state index >= 15 is 0 Å². The van der Waals surface area contributed by atoms with Crippen molar-refractivity contribution in [1.29, 1.82) is 0 Å². The summed E-state index contributed by atoms with van der Waals surface area (Å²) >= 11 is 0. The molecule has 1 atom stereocenters. The number of benzene rings is 2. The molecule has 0 fully saturated rings. The largest absolute Gasteiger partial charge is 0.445 e. The van der Waals surface area contributed by atoms with Gasteiger partial charge in [0.05, 0.1) is 6.04 Å². The van der Waals surface area contributed by atoms with Crippen molar-refractivity contribution in [3.8, 4) is 0 Å². The van der Waals surface area contributed by atoms with E-state index in [1.807, 2.05) is 6.07 Å². The summed E-state index contributed by atoms with van der Waals surface area (Å²) in [5, 5.41) is 2.33. The Morgan fingerprint density at radius 2 is 1.70 bits per heavy atom. The van der Waals surface area contributed by atoms with E-state index in [1.54, 1.807) is 24.3 Å². The van der Waals surface area contributed by atoms with Crippen molar-refractivity contribution in [2.45, 2.75) is 19.6 Å². The summed E-state index contributed by atoms with van der Waals surface area (Å²) in [6, 6.07) is 10.6. The quantitative estimate of drug-likeness (QED) is 0.859. The zero-order chi connectivity index (χ0) is 16.8. The Bertz CT molecular complexity index is 684. The standard InChI is InChI=1S/C17H15F2NO3/c1-11(16(21)13-7-14(18)9-15(19)8-13)20-17(22)23-10-12-5-3-2-4-6-12/h2-9,11H,10H2,1H3,(H,20,22)/t11-/m1/s1. The number of carbonyl (C=O) groups excluding carboxylic acids is 2. The number of amides is 1. The molecule has 0 spiro atoms. The molecule has 2 aromatic carbocycles. The molecule has 0 aromatic heterocycles. The van der Waals surface area contributed by atoms with Crippen LogP contribution in [-0.2, 0) is 11.3 Å². The Balaban J connectivity index is 1.91. The first-order valence-electron chi connectivity index (χ1n) is 6.93. The van der Waals surface area contributed by atoms with E-state index < -0.39 is 29.6 Å². The minimum atomic E-state index is -0.973. The predicted octanol–water partition coefficient (Wildman–Crippen LogP) is 3.46. The van der Waals surface area contributed by atoms with Crippen molar-refractivity contribution in [3.05, 3.63) is 71.3 Å². The van der Waals surface area contributed by atoms with Gasteiger partial charge in [0, 0.05) is 11.6 Å². The highest BCUT2D eigenvalue weighted by molar-refractivity contribution is 6.01. The van der Waals surface area contributed by atoms with Gasteiger partial charge in [-0.05, 0) is 24.6 Å². The van der Waals surface area contributed by atoms with Crippen LogP contribution in [0, 0.1) is 11.6 Å². The lowest BCUT2D eigenvalue weighted by atomic mass is 10.1. The molecule has 0 heterocycles. The van der Waals surface area contributed by atoms with Gasteiger partial charge in [0.2, 0.25) is 0 Å². The molecule has 0 aliphatic heterocycles. The second-order valence-corrected chi connectivity index (χ2v) is 4.95. The number of Topliss-reactive ketones (excluding diaryl/α,β-unsaturated/α-hetero) is 1. The molecule has 2 rings (SSSR count). The first-order valence-corrected chi connectivity index (χ1v) is 6.93. The third-order valence-corrected chi connectivity index (χ3v) is 3.09. The number of halogens is 2. The predicted molar refractivity (Wildman–Crippen MR) is 79.9 cm³/mol. The van der Waals surface area contributed by atoms with Crippen LogP contribution in [0.5, 0.6) is 0 Å².